The third-order valence-corrected chi connectivity index (χ3v) is 4.94. The number of likely N-dealkylation sites (N-methyl/N-ethyl adjacent to an activating group) is 1. The standard InChI is InChI=1S/C19H20N4O3S/c1-3-20-15(24)8-21-16(25)9-23-11-22-18-17(19(23)26)14(10-27-18)13-6-4-12(2)5-7-13/h4-7,10-11H,3,8-9H2,1-2H3,(H,20,24)(H,21,25). The average molecular weight is 384 g/mol. The molecule has 0 unspecified atom stereocenters. The zero-order valence-corrected chi connectivity index (χ0v) is 15.9. The molecule has 7 nitrogen and oxygen atoms in total. The molecule has 0 radical (unpaired) electrons. The first-order chi connectivity index (χ1) is 13.0. The van der Waals surface area contributed by atoms with Crippen LogP contribution >= 0.6 is 11.3 Å². The molecule has 0 saturated heterocycles. The number of aryl methyl sites for hydroxylation is 1. The van der Waals surface area contributed by atoms with Crippen LogP contribution < -0.4 is 16.2 Å². The Morgan fingerprint density at radius 3 is 2.59 bits per heavy atom. The molecule has 0 saturated carbocycles. The van der Waals surface area contributed by atoms with E-state index in [9.17, 15) is 14.4 Å². The second-order valence-corrected chi connectivity index (χ2v) is 6.96. The van der Waals surface area contributed by atoms with Crippen LogP contribution in [0.15, 0.2) is 40.8 Å². The Balaban J connectivity index is 1.85. The summed E-state index contributed by atoms with van der Waals surface area (Å²) < 4.78 is 1.26. The maximum absolute atomic E-state index is 12.9. The topological polar surface area (TPSA) is 93.1 Å². The molecule has 2 aromatic heterocycles. The van der Waals surface area contributed by atoms with E-state index in [0.717, 1.165) is 16.7 Å². The number of carbonyl (C=O) groups is 2. The summed E-state index contributed by atoms with van der Waals surface area (Å²) in [5.74, 6) is -0.692. The minimum absolute atomic E-state index is 0.121. The predicted molar refractivity (Wildman–Crippen MR) is 106 cm³/mol. The molecule has 0 bridgehead atoms. The molecule has 8 heteroatoms. The number of fused-ring (bicyclic) bond motifs is 1. The normalized spacial score (nSPS) is 10.7. The van der Waals surface area contributed by atoms with Gasteiger partial charge in [0.25, 0.3) is 5.56 Å². The molecule has 0 aliphatic rings. The summed E-state index contributed by atoms with van der Waals surface area (Å²) in [6, 6.07) is 7.91. The molecule has 1 aromatic carbocycles. The van der Waals surface area contributed by atoms with Crippen molar-refractivity contribution in [3.8, 4) is 11.1 Å². The van der Waals surface area contributed by atoms with E-state index in [1.807, 2.05) is 36.6 Å². The van der Waals surface area contributed by atoms with Gasteiger partial charge in [-0.25, -0.2) is 4.98 Å². The number of nitrogens with one attached hydrogen (secondary N) is 2. The molecule has 3 aromatic rings. The number of thiophene rings is 1. The van der Waals surface area contributed by atoms with E-state index in [1.54, 1.807) is 6.92 Å². The first kappa shape index (κ1) is 18.8. The van der Waals surface area contributed by atoms with Gasteiger partial charge in [-0.3, -0.25) is 19.0 Å². The summed E-state index contributed by atoms with van der Waals surface area (Å²) in [6.07, 6.45) is 1.37. The third-order valence-electron chi connectivity index (χ3n) is 4.06. The van der Waals surface area contributed by atoms with E-state index in [1.165, 1.54) is 22.2 Å². The molecule has 0 fully saturated rings. The maximum Gasteiger partial charge on any atom is 0.263 e. The van der Waals surface area contributed by atoms with E-state index >= 15 is 0 Å². The predicted octanol–water partition coefficient (Wildman–Crippen LogP) is 1.69. The van der Waals surface area contributed by atoms with Crippen molar-refractivity contribution in [2.24, 2.45) is 0 Å². The molecule has 0 aliphatic carbocycles. The SMILES string of the molecule is CCNC(=O)CNC(=O)Cn1cnc2scc(-c3ccc(C)cc3)c2c1=O. The number of nitrogens with zero attached hydrogens (tertiary/aromatic N) is 2. The molecule has 2 heterocycles. The van der Waals surface area contributed by atoms with Crippen LogP contribution in [-0.2, 0) is 16.1 Å². The van der Waals surface area contributed by atoms with E-state index in [2.05, 4.69) is 15.6 Å². The van der Waals surface area contributed by atoms with Gasteiger partial charge in [-0.15, -0.1) is 11.3 Å². The summed E-state index contributed by atoms with van der Waals surface area (Å²) in [7, 11) is 0. The highest BCUT2D eigenvalue weighted by Gasteiger charge is 2.15. The van der Waals surface area contributed by atoms with Crippen molar-refractivity contribution < 1.29 is 9.59 Å². The monoisotopic (exact) mass is 384 g/mol. The average Bonchev–Trinajstić information content (AvgIpc) is 3.08. The van der Waals surface area contributed by atoms with Crippen molar-refractivity contribution >= 4 is 33.4 Å². The first-order valence-corrected chi connectivity index (χ1v) is 9.44. The number of benzene rings is 1. The van der Waals surface area contributed by atoms with Crippen molar-refractivity contribution in [1.29, 1.82) is 0 Å². The van der Waals surface area contributed by atoms with Crippen LogP contribution in [0.5, 0.6) is 0 Å². The summed E-state index contributed by atoms with van der Waals surface area (Å²) in [4.78, 5) is 41.3. The molecule has 140 valence electrons. The fourth-order valence-corrected chi connectivity index (χ4v) is 3.58. The van der Waals surface area contributed by atoms with Gasteiger partial charge in [0.05, 0.1) is 18.3 Å². The highest BCUT2D eigenvalue weighted by Crippen LogP contribution is 2.30. The van der Waals surface area contributed by atoms with Gasteiger partial charge in [-0.05, 0) is 19.4 Å². The van der Waals surface area contributed by atoms with Gasteiger partial charge in [-0.1, -0.05) is 29.8 Å². The second kappa shape index (κ2) is 8.13. The number of hydrogen-bond acceptors (Lipinski definition) is 5. The summed E-state index contributed by atoms with van der Waals surface area (Å²) in [5.41, 5.74) is 2.61. The number of aromatic nitrogens is 2. The third kappa shape index (κ3) is 4.22. The van der Waals surface area contributed by atoms with Gasteiger partial charge in [0, 0.05) is 17.5 Å². The van der Waals surface area contributed by atoms with Crippen molar-refractivity contribution in [1.82, 2.24) is 20.2 Å². The highest BCUT2D eigenvalue weighted by molar-refractivity contribution is 7.17. The smallest absolute Gasteiger partial charge is 0.263 e. The molecule has 0 aliphatic heterocycles. The lowest BCUT2D eigenvalue weighted by Gasteiger charge is -2.08. The first-order valence-electron chi connectivity index (χ1n) is 8.56. The van der Waals surface area contributed by atoms with Crippen LogP contribution in [0, 0.1) is 6.92 Å². The molecule has 0 spiro atoms. The quantitative estimate of drug-likeness (QED) is 0.676. The Hall–Kier alpha value is -3.00. The van der Waals surface area contributed by atoms with E-state index in [-0.39, 0.29) is 24.6 Å². The molecular weight excluding hydrogens is 364 g/mol. The minimum atomic E-state index is -0.420. The van der Waals surface area contributed by atoms with Crippen LogP contribution in [0.25, 0.3) is 21.3 Å². The van der Waals surface area contributed by atoms with E-state index < -0.39 is 5.91 Å². The Kier molecular flexibility index (Phi) is 5.66. The molecule has 3 rings (SSSR count). The molecule has 0 atom stereocenters. The Labute approximate surface area is 160 Å². The summed E-state index contributed by atoms with van der Waals surface area (Å²) in [5, 5.41) is 7.50. The highest BCUT2D eigenvalue weighted by atomic mass is 32.1. The molecule has 2 N–H and O–H groups in total. The van der Waals surface area contributed by atoms with Gasteiger partial charge in [0.1, 0.15) is 11.4 Å². The summed E-state index contributed by atoms with van der Waals surface area (Å²) in [6.45, 7) is 3.99. The van der Waals surface area contributed by atoms with Crippen molar-refractivity contribution in [2.75, 3.05) is 13.1 Å². The van der Waals surface area contributed by atoms with Crippen LogP contribution in [0.1, 0.15) is 12.5 Å². The lowest BCUT2D eigenvalue weighted by Crippen LogP contribution is -2.39. The Morgan fingerprint density at radius 2 is 1.89 bits per heavy atom. The molecular formula is C19H20N4O3S. The lowest BCUT2D eigenvalue weighted by molar-refractivity contribution is -0.126. The van der Waals surface area contributed by atoms with Crippen LogP contribution in [0.2, 0.25) is 0 Å². The van der Waals surface area contributed by atoms with E-state index in [4.69, 9.17) is 0 Å². The van der Waals surface area contributed by atoms with Gasteiger partial charge < -0.3 is 10.6 Å². The van der Waals surface area contributed by atoms with Crippen molar-refractivity contribution in [3.05, 3.63) is 51.9 Å². The minimum Gasteiger partial charge on any atom is -0.355 e. The maximum atomic E-state index is 12.9. The fourth-order valence-electron chi connectivity index (χ4n) is 2.67. The fraction of sp³-hybridized carbons (Fsp3) is 0.263. The van der Waals surface area contributed by atoms with Gasteiger partial charge in [-0.2, -0.15) is 0 Å². The molecule has 27 heavy (non-hydrogen) atoms. The van der Waals surface area contributed by atoms with Gasteiger partial charge in [0.2, 0.25) is 11.8 Å². The van der Waals surface area contributed by atoms with Crippen LogP contribution in [-0.4, -0.2) is 34.5 Å². The lowest BCUT2D eigenvalue weighted by atomic mass is 10.1. The number of rotatable bonds is 6. The van der Waals surface area contributed by atoms with Crippen molar-refractivity contribution in [3.63, 3.8) is 0 Å². The largest absolute Gasteiger partial charge is 0.355 e. The van der Waals surface area contributed by atoms with Crippen molar-refractivity contribution in [2.45, 2.75) is 20.4 Å². The van der Waals surface area contributed by atoms with Crippen LogP contribution in [0.3, 0.4) is 0 Å². The summed E-state index contributed by atoms with van der Waals surface area (Å²) >= 11 is 1.40. The second-order valence-electron chi connectivity index (χ2n) is 6.10. The molecule has 2 amide bonds. The number of amides is 2. The van der Waals surface area contributed by atoms with Gasteiger partial charge in [0.15, 0.2) is 0 Å². The zero-order chi connectivity index (χ0) is 19.4. The number of hydrogen-bond donors (Lipinski definition) is 2. The van der Waals surface area contributed by atoms with Gasteiger partial charge >= 0.3 is 0 Å². The zero-order valence-electron chi connectivity index (χ0n) is 15.1. The van der Waals surface area contributed by atoms with E-state index in [0.29, 0.717) is 16.8 Å². The Bertz CT molecular complexity index is 1040. The van der Waals surface area contributed by atoms with Crippen LogP contribution in [0.4, 0.5) is 0 Å². The Morgan fingerprint density at radius 1 is 1.15 bits per heavy atom. The number of carbonyl (C=O) groups excluding carboxylic acids is 2.